The first-order chi connectivity index (χ1) is 15.6. The van der Waals surface area contributed by atoms with Gasteiger partial charge in [0.2, 0.25) is 11.8 Å². The minimum atomic E-state index is -0.756. The van der Waals surface area contributed by atoms with Gasteiger partial charge in [0.1, 0.15) is 11.9 Å². The molecule has 3 amide bonds. The number of imidazole rings is 1. The van der Waals surface area contributed by atoms with Gasteiger partial charge in [-0.3, -0.25) is 14.4 Å². The number of rotatable bonds is 4. The molecule has 1 saturated heterocycles. The van der Waals surface area contributed by atoms with Gasteiger partial charge in [0.05, 0.1) is 28.3 Å². The zero-order chi connectivity index (χ0) is 22.1. The van der Waals surface area contributed by atoms with Crippen LogP contribution >= 0.6 is 0 Å². The lowest BCUT2D eigenvalue weighted by Crippen LogP contribution is -2.43. The van der Waals surface area contributed by atoms with E-state index in [2.05, 4.69) is 15.6 Å². The molecule has 3 aromatic rings. The van der Waals surface area contributed by atoms with Gasteiger partial charge in [-0.2, -0.15) is 0 Å². The summed E-state index contributed by atoms with van der Waals surface area (Å²) in [5, 5.41) is 5.56. The van der Waals surface area contributed by atoms with Crippen LogP contribution in [0.1, 0.15) is 54.3 Å². The minimum absolute atomic E-state index is 0.0287. The average molecular weight is 431 g/mol. The van der Waals surface area contributed by atoms with Crippen molar-refractivity contribution in [2.45, 2.75) is 44.2 Å². The maximum absolute atomic E-state index is 13.2. The van der Waals surface area contributed by atoms with Crippen molar-refractivity contribution >= 4 is 34.4 Å². The average Bonchev–Trinajstić information content (AvgIpc) is 3.21. The van der Waals surface area contributed by atoms with Crippen LogP contribution in [0.4, 0.5) is 5.69 Å². The van der Waals surface area contributed by atoms with Crippen LogP contribution in [-0.4, -0.2) is 45.2 Å². The van der Waals surface area contributed by atoms with Crippen LogP contribution in [-0.2, 0) is 9.59 Å². The lowest BCUT2D eigenvalue weighted by molar-refractivity contribution is -0.135. The van der Waals surface area contributed by atoms with Gasteiger partial charge in [-0.1, -0.05) is 24.3 Å². The first-order valence-electron chi connectivity index (χ1n) is 11.0. The molecule has 2 aliphatic rings. The van der Waals surface area contributed by atoms with Crippen LogP contribution in [0, 0.1) is 0 Å². The number of para-hydroxylation sites is 3. The minimum Gasteiger partial charge on any atom is -0.340 e. The first-order valence-corrected chi connectivity index (χ1v) is 11.0. The van der Waals surface area contributed by atoms with E-state index >= 15 is 0 Å². The Labute approximate surface area is 185 Å². The van der Waals surface area contributed by atoms with Crippen LogP contribution in [0.3, 0.4) is 0 Å². The summed E-state index contributed by atoms with van der Waals surface area (Å²) in [5.41, 5.74) is 2.76. The second-order valence-corrected chi connectivity index (χ2v) is 8.34. The summed E-state index contributed by atoms with van der Waals surface area (Å²) in [7, 11) is 0. The van der Waals surface area contributed by atoms with Gasteiger partial charge in [0.15, 0.2) is 0 Å². The second-order valence-electron chi connectivity index (χ2n) is 8.34. The number of fused-ring (bicyclic) bond motifs is 2. The predicted octanol–water partition coefficient (Wildman–Crippen LogP) is 3.15. The predicted molar refractivity (Wildman–Crippen MR) is 120 cm³/mol. The molecule has 164 valence electrons. The van der Waals surface area contributed by atoms with Crippen molar-refractivity contribution in [3.05, 3.63) is 59.9 Å². The number of carbonyl (C=O) groups is 3. The highest BCUT2D eigenvalue weighted by Crippen LogP contribution is 2.31. The highest BCUT2D eigenvalue weighted by Gasteiger charge is 2.32. The van der Waals surface area contributed by atoms with E-state index in [0.29, 0.717) is 17.8 Å². The molecule has 1 fully saturated rings. The Hall–Kier alpha value is -3.68. The normalized spacial score (nSPS) is 20.9. The summed E-state index contributed by atoms with van der Waals surface area (Å²) in [6, 6.07) is 13.9. The number of carbonyl (C=O) groups excluding carboxylic acids is 3. The quantitative estimate of drug-likeness (QED) is 0.590. The van der Waals surface area contributed by atoms with Crippen LogP contribution < -0.4 is 10.6 Å². The smallest absolute Gasteiger partial charge is 0.254 e. The van der Waals surface area contributed by atoms with Crippen molar-refractivity contribution in [3.63, 3.8) is 0 Å². The zero-order valence-electron chi connectivity index (χ0n) is 17.6. The lowest BCUT2D eigenvalue weighted by Gasteiger charge is -2.35. The largest absolute Gasteiger partial charge is 0.340 e. The number of nitrogens with zero attached hydrogens (tertiary/aromatic N) is 2. The second kappa shape index (κ2) is 8.45. The summed E-state index contributed by atoms with van der Waals surface area (Å²) >= 11 is 0. The maximum Gasteiger partial charge on any atom is 0.254 e. The molecule has 0 bridgehead atoms. The Balaban J connectivity index is 1.28. The number of nitrogens with one attached hydrogen (secondary N) is 3. The van der Waals surface area contributed by atoms with E-state index < -0.39 is 6.04 Å². The van der Waals surface area contributed by atoms with Gasteiger partial charge in [0.25, 0.3) is 5.91 Å². The summed E-state index contributed by atoms with van der Waals surface area (Å²) in [4.78, 5) is 48.3. The van der Waals surface area contributed by atoms with Gasteiger partial charge < -0.3 is 20.5 Å². The molecule has 1 aromatic heterocycles. The number of aromatic amines is 1. The standard InChI is InChI=1S/C24H25N5O3/c30-21(13-12-19-24(32)27-16-8-2-1-7-15(16)23(31)28-19)29-14-6-5-11-20(29)22-25-17-9-3-4-10-18(17)26-22/h1-4,7-10,19-20H,5-6,11-14H2,(H,25,26)(H,27,32)(H,28,31). The maximum atomic E-state index is 13.2. The monoisotopic (exact) mass is 431 g/mol. The van der Waals surface area contributed by atoms with E-state index in [9.17, 15) is 14.4 Å². The fraction of sp³-hybridized carbons (Fsp3) is 0.333. The van der Waals surface area contributed by atoms with Crippen molar-refractivity contribution < 1.29 is 14.4 Å². The van der Waals surface area contributed by atoms with Crippen molar-refractivity contribution in [3.8, 4) is 0 Å². The van der Waals surface area contributed by atoms with Crippen molar-refractivity contribution in [2.24, 2.45) is 0 Å². The summed E-state index contributed by atoms with van der Waals surface area (Å²) in [6.45, 7) is 0.662. The highest BCUT2D eigenvalue weighted by atomic mass is 16.2. The van der Waals surface area contributed by atoms with E-state index in [1.165, 1.54) is 0 Å². The van der Waals surface area contributed by atoms with Gasteiger partial charge >= 0.3 is 0 Å². The first kappa shape index (κ1) is 20.2. The van der Waals surface area contributed by atoms with Crippen molar-refractivity contribution in [1.29, 1.82) is 0 Å². The number of likely N-dealkylation sites (tertiary alicyclic amines) is 1. The third-order valence-electron chi connectivity index (χ3n) is 6.24. The molecule has 3 heterocycles. The van der Waals surface area contributed by atoms with E-state index in [0.717, 1.165) is 36.1 Å². The Morgan fingerprint density at radius 2 is 1.88 bits per heavy atom. The molecule has 3 N–H and O–H groups in total. The fourth-order valence-corrected chi connectivity index (χ4v) is 4.57. The molecule has 5 rings (SSSR count). The van der Waals surface area contributed by atoms with Gasteiger partial charge in [-0.25, -0.2) is 4.98 Å². The molecule has 32 heavy (non-hydrogen) atoms. The Bertz CT molecular complexity index is 1150. The third kappa shape index (κ3) is 3.84. The van der Waals surface area contributed by atoms with Crippen molar-refractivity contribution in [1.82, 2.24) is 20.2 Å². The van der Waals surface area contributed by atoms with Gasteiger partial charge in [0, 0.05) is 13.0 Å². The molecule has 8 heteroatoms. The Morgan fingerprint density at radius 3 is 2.75 bits per heavy atom. The Morgan fingerprint density at radius 1 is 1.06 bits per heavy atom. The Kier molecular flexibility index (Phi) is 5.34. The number of benzene rings is 2. The highest BCUT2D eigenvalue weighted by molar-refractivity contribution is 6.09. The number of hydrogen-bond acceptors (Lipinski definition) is 4. The van der Waals surface area contributed by atoms with Crippen LogP contribution in [0.25, 0.3) is 11.0 Å². The molecule has 2 unspecified atom stereocenters. The number of aromatic nitrogens is 2. The molecule has 2 atom stereocenters. The van der Waals surface area contributed by atoms with Crippen LogP contribution in [0.5, 0.6) is 0 Å². The SMILES string of the molecule is O=C1NC(CCC(=O)N2CCCCC2c2nc3ccccc3[nH]2)C(=O)Nc2ccccc21. The van der Waals surface area contributed by atoms with Gasteiger partial charge in [-0.05, 0) is 49.9 Å². The fourth-order valence-electron chi connectivity index (χ4n) is 4.57. The summed E-state index contributed by atoms with van der Waals surface area (Å²) in [5.74, 6) is 0.160. The number of H-pyrrole nitrogens is 1. The van der Waals surface area contributed by atoms with Crippen LogP contribution in [0.2, 0.25) is 0 Å². The summed E-state index contributed by atoms with van der Waals surface area (Å²) < 4.78 is 0. The van der Waals surface area contributed by atoms with E-state index in [1.807, 2.05) is 29.2 Å². The number of hydrogen-bond donors (Lipinski definition) is 3. The number of piperidine rings is 1. The molecule has 0 radical (unpaired) electrons. The molecular weight excluding hydrogens is 406 g/mol. The van der Waals surface area contributed by atoms with E-state index in [4.69, 9.17) is 4.98 Å². The zero-order valence-corrected chi connectivity index (χ0v) is 17.6. The molecule has 0 spiro atoms. The molecular formula is C24H25N5O3. The van der Waals surface area contributed by atoms with E-state index in [1.54, 1.807) is 24.3 Å². The topological polar surface area (TPSA) is 107 Å². The van der Waals surface area contributed by atoms with E-state index in [-0.39, 0.29) is 36.6 Å². The molecule has 0 saturated carbocycles. The molecule has 8 nitrogen and oxygen atoms in total. The molecule has 0 aliphatic carbocycles. The molecule has 2 aromatic carbocycles. The van der Waals surface area contributed by atoms with Crippen molar-refractivity contribution in [2.75, 3.05) is 11.9 Å². The summed E-state index contributed by atoms with van der Waals surface area (Å²) in [6.07, 6.45) is 3.24. The van der Waals surface area contributed by atoms with Crippen LogP contribution in [0.15, 0.2) is 48.5 Å². The van der Waals surface area contributed by atoms with Gasteiger partial charge in [-0.15, -0.1) is 0 Å². The molecule has 2 aliphatic heterocycles. The number of amides is 3. The number of anilines is 1. The lowest BCUT2D eigenvalue weighted by atomic mass is 10.00. The third-order valence-corrected chi connectivity index (χ3v) is 6.24.